The van der Waals surface area contributed by atoms with E-state index in [1.165, 1.54) is 7.11 Å². The van der Waals surface area contributed by atoms with Gasteiger partial charge in [-0.1, -0.05) is 0 Å². The fourth-order valence-electron chi connectivity index (χ4n) is 1.71. The maximum absolute atomic E-state index is 11.1. The van der Waals surface area contributed by atoms with Crippen LogP contribution in [0.5, 0.6) is 0 Å². The van der Waals surface area contributed by atoms with E-state index in [0.717, 1.165) is 12.8 Å². The Morgan fingerprint density at radius 3 is 2.23 bits per heavy atom. The van der Waals surface area contributed by atoms with Gasteiger partial charge in [-0.2, -0.15) is 0 Å². The third-order valence-electron chi connectivity index (χ3n) is 3.18. The SMILES string of the molecule is COC(=O)C1CC(C(C)(C)OC)C1. The normalized spacial score (nSPS) is 28.0. The van der Waals surface area contributed by atoms with Crippen molar-refractivity contribution in [2.24, 2.45) is 11.8 Å². The molecule has 76 valence electrons. The summed E-state index contributed by atoms with van der Waals surface area (Å²) >= 11 is 0. The molecule has 0 aromatic carbocycles. The first-order chi connectivity index (χ1) is 6.01. The van der Waals surface area contributed by atoms with Gasteiger partial charge in [-0.15, -0.1) is 0 Å². The van der Waals surface area contributed by atoms with Gasteiger partial charge in [0.05, 0.1) is 18.6 Å². The average molecular weight is 186 g/mol. The molecule has 0 radical (unpaired) electrons. The molecule has 0 amide bonds. The lowest BCUT2D eigenvalue weighted by atomic mass is 9.67. The van der Waals surface area contributed by atoms with Crippen LogP contribution in [-0.4, -0.2) is 25.8 Å². The molecule has 3 nitrogen and oxygen atoms in total. The number of carbonyl (C=O) groups excluding carboxylic acids is 1. The second kappa shape index (κ2) is 3.66. The van der Waals surface area contributed by atoms with Gasteiger partial charge in [0.2, 0.25) is 0 Å². The first-order valence-electron chi connectivity index (χ1n) is 4.64. The zero-order valence-corrected chi connectivity index (χ0v) is 8.79. The Balaban J connectivity index is 2.37. The van der Waals surface area contributed by atoms with E-state index in [1.807, 2.05) is 0 Å². The van der Waals surface area contributed by atoms with Crippen LogP contribution in [0.4, 0.5) is 0 Å². The summed E-state index contributed by atoms with van der Waals surface area (Å²) in [7, 11) is 3.16. The summed E-state index contributed by atoms with van der Waals surface area (Å²) in [6.45, 7) is 4.12. The molecule has 1 saturated carbocycles. The minimum absolute atomic E-state index is 0.0804. The summed E-state index contributed by atoms with van der Waals surface area (Å²) < 4.78 is 10.0. The highest BCUT2D eigenvalue weighted by atomic mass is 16.5. The predicted octanol–water partition coefficient (Wildman–Crippen LogP) is 1.61. The Bertz CT molecular complexity index is 192. The number of esters is 1. The third kappa shape index (κ3) is 2.02. The summed E-state index contributed by atoms with van der Waals surface area (Å²) in [4.78, 5) is 11.1. The quantitative estimate of drug-likeness (QED) is 0.628. The summed E-state index contributed by atoms with van der Waals surface area (Å²) in [5.41, 5.74) is -0.107. The topological polar surface area (TPSA) is 35.5 Å². The van der Waals surface area contributed by atoms with Crippen LogP contribution in [0.3, 0.4) is 0 Å². The van der Waals surface area contributed by atoms with Crippen LogP contribution >= 0.6 is 0 Å². The largest absolute Gasteiger partial charge is 0.469 e. The lowest BCUT2D eigenvalue weighted by Crippen LogP contribution is -2.44. The van der Waals surface area contributed by atoms with E-state index in [0.29, 0.717) is 5.92 Å². The fraction of sp³-hybridized carbons (Fsp3) is 0.900. The monoisotopic (exact) mass is 186 g/mol. The van der Waals surface area contributed by atoms with Crippen molar-refractivity contribution in [3.8, 4) is 0 Å². The second-order valence-corrected chi connectivity index (χ2v) is 4.20. The summed E-state index contributed by atoms with van der Waals surface area (Å²) in [5.74, 6) is 0.508. The third-order valence-corrected chi connectivity index (χ3v) is 3.18. The molecule has 0 aromatic heterocycles. The van der Waals surface area contributed by atoms with Crippen LogP contribution in [-0.2, 0) is 14.3 Å². The molecule has 0 unspecified atom stereocenters. The highest BCUT2D eigenvalue weighted by Crippen LogP contribution is 2.42. The maximum Gasteiger partial charge on any atom is 0.308 e. The van der Waals surface area contributed by atoms with E-state index in [2.05, 4.69) is 18.6 Å². The van der Waals surface area contributed by atoms with Gasteiger partial charge in [-0.3, -0.25) is 4.79 Å². The summed E-state index contributed by atoms with van der Waals surface area (Å²) in [5, 5.41) is 0. The molecule has 1 aliphatic carbocycles. The molecule has 3 heteroatoms. The van der Waals surface area contributed by atoms with Crippen molar-refractivity contribution in [3.63, 3.8) is 0 Å². The minimum Gasteiger partial charge on any atom is -0.469 e. The molecular weight excluding hydrogens is 168 g/mol. The Kier molecular flexibility index (Phi) is 2.96. The Labute approximate surface area is 79.4 Å². The van der Waals surface area contributed by atoms with Crippen LogP contribution in [0.2, 0.25) is 0 Å². The number of carbonyl (C=O) groups is 1. The van der Waals surface area contributed by atoms with Gasteiger partial charge < -0.3 is 9.47 Å². The molecule has 0 aromatic rings. The van der Waals surface area contributed by atoms with Crippen molar-refractivity contribution in [3.05, 3.63) is 0 Å². The number of rotatable bonds is 3. The van der Waals surface area contributed by atoms with Crippen molar-refractivity contribution in [2.45, 2.75) is 32.3 Å². The van der Waals surface area contributed by atoms with Crippen molar-refractivity contribution < 1.29 is 14.3 Å². The second-order valence-electron chi connectivity index (χ2n) is 4.20. The van der Waals surface area contributed by atoms with E-state index >= 15 is 0 Å². The van der Waals surface area contributed by atoms with E-state index in [1.54, 1.807) is 7.11 Å². The van der Waals surface area contributed by atoms with Crippen LogP contribution in [0.25, 0.3) is 0 Å². The van der Waals surface area contributed by atoms with Crippen LogP contribution in [0, 0.1) is 11.8 Å². The standard InChI is InChI=1S/C10H18O3/c1-10(2,13-4)8-5-7(6-8)9(11)12-3/h7-8H,5-6H2,1-4H3. The van der Waals surface area contributed by atoms with E-state index in [9.17, 15) is 4.79 Å². The molecule has 1 fully saturated rings. The Hall–Kier alpha value is -0.570. The van der Waals surface area contributed by atoms with Crippen molar-refractivity contribution >= 4 is 5.97 Å². The smallest absolute Gasteiger partial charge is 0.308 e. The number of ether oxygens (including phenoxy) is 2. The van der Waals surface area contributed by atoms with Crippen LogP contribution < -0.4 is 0 Å². The van der Waals surface area contributed by atoms with E-state index < -0.39 is 0 Å². The van der Waals surface area contributed by atoms with E-state index in [4.69, 9.17) is 4.74 Å². The van der Waals surface area contributed by atoms with Crippen molar-refractivity contribution in [2.75, 3.05) is 14.2 Å². The molecule has 0 N–H and O–H groups in total. The number of hydrogen-bond acceptors (Lipinski definition) is 3. The predicted molar refractivity (Wildman–Crippen MR) is 49.3 cm³/mol. The Morgan fingerprint density at radius 2 is 1.85 bits per heavy atom. The van der Waals surface area contributed by atoms with Gasteiger partial charge in [-0.05, 0) is 32.6 Å². The summed E-state index contributed by atoms with van der Waals surface area (Å²) in [6.07, 6.45) is 1.79. The number of methoxy groups -OCH3 is 2. The van der Waals surface area contributed by atoms with Gasteiger partial charge in [0, 0.05) is 7.11 Å². The van der Waals surface area contributed by atoms with Gasteiger partial charge in [0.15, 0.2) is 0 Å². The fourth-order valence-corrected chi connectivity index (χ4v) is 1.71. The van der Waals surface area contributed by atoms with E-state index in [-0.39, 0.29) is 17.5 Å². The molecule has 0 spiro atoms. The first kappa shape index (κ1) is 10.5. The first-order valence-corrected chi connectivity index (χ1v) is 4.64. The minimum atomic E-state index is -0.107. The van der Waals surface area contributed by atoms with Gasteiger partial charge in [0.1, 0.15) is 0 Å². The van der Waals surface area contributed by atoms with Gasteiger partial charge in [0.25, 0.3) is 0 Å². The summed E-state index contributed by atoms with van der Waals surface area (Å²) in [6, 6.07) is 0. The molecule has 1 aliphatic rings. The molecular formula is C10H18O3. The van der Waals surface area contributed by atoms with Gasteiger partial charge >= 0.3 is 5.97 Å². The molecule has 0 aliphatic heterocycles. The molecule has 1 rings (SSSR count). The highest BCUT2D eigenvalue weighted by Gasteiger charge is 2.43. The molecule has 0 bridgehead atoms. The molecule has 0 atom stereocenters. The maximum atomic E-state index is 11.1. The number of hydrogen-bond donors (Lipinski definition) is 0. The lowest BCUT2D eigenvalue weighted by Gasteiger charge is -2.43. The average Bonchev–Trinajstić information content (AvgIpc) is 2.01. The molecule has 0 heterocycles. The zero-order valence-electron chi connectivity index (χ0n) is 8.79. The van der Waals surface area contributed by atoms with Gasteiger partial charge in [-0.25, -0.2) is 0 Å². The lowest BCUT2D eigenvalue weighted by molar-refractivity contribution is -0.156. The zero-order chi connectivity index (χ0) is 10.1. The molecule has 0 saturated heterocycles. The Morgan fingerprint density at radius 1 is 1.31 bits per heavy atom. The molecule has 13 heavy (non-hydrogen) atoms. The van der Waals surface area contributed by atoms with Crippen molar-refractivity contribution in [1.82, 2.24) is 0 Å². The highest BCUT2D eigenvalue weighted by molar-refractivity contribution is 5.73. The van der Waals surface area contributed by atoms with Crippen LogP contribution in [0.15, 0.2) is 0 Å². The van der Waals surface area contributed by atoms with Crippen molar-refractivity contribution in [1.29, 1.82) is 0 Å². The van der Waals surface area contributed by atoms with Crippen LogP contribution in [0.1, 0.15) is 26.7 Å².